The molecular weight excluding hydrogens is 363 g/mol. The van der Waals surface area contributed by atoms with Gasteiger partial charge in [0.25, 0.3) is 0 Å². The molecule has 1 N–H and O–H groups in total. The Labute approximate surface area is 154 Å². The zero-order valence-electron chi connectivity index (χ0n) is 13.5. The average molecular weight is 377 g/mol. The first-order valence-corrected chi connectivity index (χ1v) is 8.10. The molecule has 0 saturated heterocycles. The van der Waals surface area contributed by atoms with Gasteiger partial charge in [-0.25, -0.2) is 9.48 Å². The van der Waals surface area contributed by atoms with Crippen molar-refractivity contribution in [1.82, 2.24) is 9.78 Å². The highest BCUT2D eigenvalue weighted by Crippen LogP contribution is 2.33. The molecule has 0 unspecified atom stereocenters. The number of phenols is 1. The summed E-state index contributed by atoms with van der Waals surface area (Å²) in [5.41, 5.74) is 2.85. The summed E-state index contributed by atoms with van der Waals surface area (Å²) in [5.74, 6) is -0.397. The average Bonchev–Trinajstić information content (AvgIpc) is 2.92. The maximum atomic E-state index is 12.1. The molecule has 0 bridgehead atoms. The van der Waals surface area contributed by atoms with E-state index in [1.807, 2.05) is 0 Å². The maximum Gasteiger partial charge on any atom is 0.358 e. The van der Waals surface area contributed by atoms with E-state index >= 15 is 0 Å². The number of esters is 1. The molecule has 3 rings (SSSR count). The Morgan fingerprint density at radius 2 is 1.84 bits per heavy atom. The summed E-state index contributed by atoms with van der Waals surface area (Å²) in [6.45, 7) is 1.78. The first-order chi connectivity index (χ1) is 11.9. The van der Waals surface area contributed by atoms with Gasteiger partial charge >= 0.3 is 5.97 Å². The fourth-order valence-corrected chi connectivity index (χ4v) is 3.06. The number of aromatic nitrogens is 2. The Morgan fingerprint density at radius 3 is 2.44 bits per heavy atom. The number of nitrogens with zero attached hydrogens (tertiary/aromatic N) is 2. The topological polar surface area (TPSA) is 64.3 Å². The lowest BCUT2D eigenvalue weighted by atomic mass is 10.1. The van der Waals surface area contributed by atoms with Crippen LogP contribution in [0, 0.1) is 6.92 Å². The molecule has 7 heteroatoms. The van der Waals surface area contributed by atoms with Gasteiger partial charge in [-0.15, -0.1) is 0 Å². The standard InChI is InChI=1S/C18H14Cl2N2O3/c1-10-16(18(24)25-2)21-22(15-8-5-12(19)9-14(15)20)17(10)11-3-6-13(23)7-4-11/h3-9,23H,1-2H3. The zero-order chi connectivity index (χ0) is 18.1. The van der Waals surface area contributed by atoms with E-state index in [0.29, 0.717) is 27.0 Å². The minimum absolute atomic E-state index is 0.144. The molecule has 2 aromatic carbocycles. The molecule has 0 aliphatic heterocycles. The number of carbonyl (C=O) groups excluding carboxylic acids is 1. The van der Waals surface area contributed by atoms with Gasteiger partial charge in [0.1, 0.15) is 5.75 Å². The van der Waals surface area contributed by atoms with E-state index in [0.717, 1.165) is 5.56 Å². The number of hydrogen-bond donors (Lipinski definition) is 1. The Balaban J connectivity index is 2.29. The van der Waals surface area contributed by atoms with E-state index < -0.39 is 5.97 Å². The lowest BCUT2D eigenvalue weighted by Crippen LogP contribution is -2.05. The van der Waals surface area contributed by atoms with Crippen LogP contribution < -0.4 is 0 Å². The van der Waals surface area contributed by atoms with Crippen LogP contribution in [0.3, 0.4) is 0 Å². The van der Waals surface area contributed by atoms with Gasteiger partial charge in [0.05, 0.1) is 23.5 Å². The maximum absolute atomic E-state index is 12.1. The van der Waals surface area contributed by atoms with Crippen LogP contribution in [0.15, 0.2) is 42.5 Å². The lowest BCUT2D eigenvalue weighted by Gasteiger charge is -2.11. The third-order valence-corrected chi connectivity index (χ3v) is 4.32. The Bertz CT molecular complexity index is 950. The summed E-state index contributed by atoms with van der Waals surface area (Å²) in [6.07, 6.45) is 0. The normalized spacial score (nSPS) is 10.7. The molecule has 1 heterocycles. The van der Waals surface area contributed by atoms with Crippen molar-refractivity contribution in [3.8, 4) is 22.7 Å². The predicted octanol–water partition coefficient (Wildman–Crippen LogP) is 4.65. The lowest BCUT2D eigenvalue weighted by molar-refractivity contribution is 0.0592. The van der Waals surface area contributed by atoms with Crippen molar-refractivity contribution in [2.24, 2.45) is 0 Å². The fraction of sp³-hybridized carbons (Fsp3) is 0.111. The third-order valence-electron chi connectivity index (χ3n) is 3.78. The van der Waals surface area contributed by atoms with Crippen LogP contribution in [-0.2, 0) is 4.74 Å². The summed E-state index contributed by atoms with van der Waals surface area (Å²) in [5, 5.41) is 14.8. The van der Waals surface area contributed by atoms with Crippen LogP contribution in [0.25, 0.3) is 16.9 Å². The van der Waals surface area contributed by atoms with Crippen LogP contribution in [0.1, 0.15) is 16.1 Å². The summed E-state index contributed by atoms with van der Waals surface area (Å²) in [7, 11) is 1.30. The van der Waals surface area contributed by atoms with Crippen molar-refractivity contribution >= 4 is 29.2 Å². The quantitative estimate of drug-likeness (QED) is 0.675. The molecule has 3 aromatic rings. The van der Waals surface area contributed by atoms with Crippen molar-refractivity contribution in [2.75, 3.05) is 7.11 Å². The molecule has 0 radical (unpaired) electrons. The van der Waals surface area contributed by atoms with E-state index in [-0.39, 0.29) is 11.4 Å². The van der Waals surface area contributed by atoms with E-state index in [1.54, 1.807) is 54.1 Å². The molecule has 1 aromatic heterocycles. The van der Waals surface area contributed by atoms with E-state index in [4.69, 9.17) is 27.9 Å². The Morgan fingerprint density at radius 1 is 1.16 bits per heavy atom. The van der Waals surface area contributed by atoms with E-state index in [2.05, 4.69) is 5.10 Å². The molecule has 0 spiro atoms. The predicted molar refractivity (Wildman–Crippen MR) is 96.8 cm³/mol. The van der Waals surface area contributed by atoms with Crippen LogP contribution >= 0.6 is 23.2 Å². The molecule has 0 aliphatic carbocycles. The molecule has 128 valence electrons. The number of phenolic OH excluding ortho intramolecular Hbond substituents is 1. The molecule has 0 fully saturated rings. The Hall–Kier alpha value is -2.50. The van der Waals surface area contributed by atoms with Gasteiger partial charge in [0.2, 0.25) is 0 Å². The number of methoxy groups -OCH3 is 1. The summed E-state index contributed by atoms with van der Waals surface area (Å²) in [4.78, 5) is 12.1. The highest BCUT2D eigenvalue weighted by Gasteiger charge is 2.23. The number of rotatable bonds is 3. The summed E-state index contributed by atoms with van der Waals surface area (Å²) >= 11 is 12.3. The van der Waals surface area contributed by atoms with Gasteiger partial charge in [-0.3, -0.25) is 0 Å². The SMILES string of the molecule is COC(=O)c1nn(-c2ccc(Cl)cc2Cl)c(-c2ccc(O)cc2)c1C. The first-order valence-electron chi connectivity index (χ1n) is 7.35. The Kier molecular flexibility index (Phi) is 4.70. The van der Waals surface area contributed by atoms with Crippen molar-refractivity contribution in [3.63, 3.8) is 0 Å². The molecule has 5 nitrogen and oxygen atoms in total. The van der Waals surface area contributed by atoms with Crippen LogP contribution in [0.5, 0.6) is 5.75 Å². The van der Waals surface area contributed by atoms with Crippen molar-refractivity contribution < 1.29 is 14.6 Å². The highest BCUT2D eigenvalue weighted by molar-refractivity contribution is 6.35. The third kappa shape index (κ3) is 3.21. The molecule has 0 amide bonds. The van der Waals surface area contributed by atoms with E-state index in [1.165, 1.54) is 7.11 Å². The van der Waals surface area contributed by atoms with Crippen molar-refractivity contribution in [2.45, 2.75) is 6.92 Å². The zero-order valence-corrected chi connectivity index (χ0v) is 15.0. The number of hydrogen-bond acceptors (Lipinski definition) is 4. The van der Waals surface area contributed by atoms with Crippen molar-refractivity contribution in [3.05, 3.63) is 63.8 Å². The monoisotopic (exact) mass is 376 g/mol. The number of carbonyl (C=O) groups is 1. The number of benzene rings is 2. The van der Waals surface area contributed by atoms with Crippen molar-refractivity contribution in [1.29, 1.82) is 0 Å². The van der Waals surface area contributed by atoms with Gasteiger partial charge in [0, 0.05) is 16.1 Å². The summed E-state index contributed by atoms with van der Waals surface area (Å²) in [6, 6.07) is 11.6. The molecule has 25 heavy (non-hydrogen) atoms. The van der Waals surface area contributed by atoms with Gasteiger partial charge in [-0.05, 0) is 49.4 Å². The minimum Gasteiger partial charge on any atom is -0.508 e. The second-order valence-electron chi connectivity index (χ2n) is 5.37. The smallest absolute Gasteiger partial charge is 0.358 e. The molecule has 0 saturated carbocycles. The van der Waals surface area contributed by atoms with E-state index in [9.17, 15) is 9.90 Å². The van der Waals surface area contributed by atoms with Gasteiger partial charge in [-0.2, -0.15) is 5.10 Å². The number of halogens is 2. The van der Waals surface area contributed by atoms with Gasteiger partial charge < -0.3 is 9.84 Å². The largest absolute Gasteiger partial charge is 0.508 e. The number of ether oxygens (including phenoxy) is 1. The number of aromatic hydroxyl groups is 1. The molecule has 0 aliphatic rings. The summed E-state index contributed by atoms with van der Waals surface area (Å²) < 4.78 is 6.39. The van der Waals surface area contributed by atoms with Crippen LogP contribution in [0.4, 0.5) is 0 Å². The molecule has 0 atom stereocenters. The minimum atomic E-state index is -0.540. The van der Waals surface area contributed by atoms with Gasteiger partial charge in [0.15, 0.2) is 5.69 Å². The second kappa shape index (κ2) is 6.78. The molecular formula is C18H14Cl2N2O3. The fourth-order valence-electron chi connectivity index (χ4n) is 2.57. The highest BCUT2D eigenvalue weighted by atomic mass is 35.5. The van der Waals surface area contributed by atoms with Crippen LogP contribution in [0.2, 0.25) is 10.0 Å². The second-order valence-corrected chi connectivity index (χ2v) is 6.21. The van der Waals surface area contributed by atoms with Gasteiger partial charge in [-0.1, -0.05) is 23.2 Å². The first kappa shape index (κ1) is 17.3. The van der Waals surface area contributed by atoms with Crippen LogP contribution in [-0.4, -0.2) is 28.0 Å².